The molecule has 25 heavy (non-hydrogen) atoms. The van der Waals surface area contributed by atoms with Crippen LogP contribution in [0.3, 0.4) is 0 Å². The van der Waals surface area contributed by atoms with Crippen molar-refractivity contribution in [2.75, 3.05) is 26.8 Å². The van der Waals surface area contributed by atoms with E-state index in [-0.39, 0.29) is 12.7 Å². The first-order chi connectivity index (χ1) is 12.3. The van der Waals surface area contributed by atoms with Crippen LogP contribution in [0, 0.1) is 17.8 Å². The van der Waals surface area contributed by atoms with E-state index in [1.54, 1.807) is 7.11 Å². The van der Waals surface area contributed by atoms with Crippen molar-refractivity contribution in [2.24, 2.45) is 17.8 Å². The van der Waals surface area contributed by atoms with Gasteiger partial charge in [0.1, 0.15) is 0 Å². The highest BCUT2D eigenvalue weighted by atomic mass is 16.5. The number of aromatic amines is 1. The Morgan fingerprint density at radius 2 is 2.16 bits per heavy atom. The summed E-state index contributed by atoms with van der Waals surface area (Å²) in [6.45, 7) is 2.60. The Morgan fingerprint density at radius 3 is 3.00 bits per heavy atom. The SMILES string of the molecule is CO[C@@H]1CC[C@@H]2CN3CCc4c([nH]c5ccccc45)[C@@H]3C[C@@H]2[C@@H]1CO. The fourth-order valence-corrected chi connectivity index (χ4v) is 5.98. The Labute approximate surface area is 149 Å². The molecule has 1 aliphatic carbocycles. The maximum Gasteiger partial charge on any atom is 0.0624 e. The Bertz CT molecular complexity index is 770. The quantitative estimate of drug-likeness (QED) is 0.883. The van der Waals surface area contributed by atoms with E-state index in [1.807, 2.05) is 0 Å². The van der Waals surface area contributed by atoms with E-state index in [9.17, 15) is 5.11 Å². The summed E-state index contributed by atoms with van der Waals surface area (Å²) in [4.78, 5) is 6.43. The monoisotopic (exact) mass is 340 g/mol. The number of aromatic nitrogens is 1. The van der Waals surface area contributed by atoms with Crippen LogP contribution in [0.4, 0.5) is 0 Å². The first-order valence-corrected chi connectivity index (χ1v) is 9.77. The number of piperidine rings is 1. The van der Waals surface area contributed by atoms with E-state index in [1.165, 1.54) is 41.7 Å². The smallest absolute Gasteiger partial charge is 0.0624 e. The zero-order valence-corrected chi connectivity index (χ0v) is 14.9. The minimum absolute atomic E-state index is 0.226. The molecule has 2 aromatic rings. The summed E-state index contributed by atoms with van der Waals surface area (Å²) in [6, 6.07) is 9.19. The second-order valence-electron chi connectivity index (χ2n) is 8.18. The van der Waals surface area contributed by atoms with Crippen molar-refractivity contribution in [1.29, 1.82) is 0 Å². The Morgan fingerprint density at radius 1 is 1.28 bits per heavy atom. The van der Waals surface area contributed by atoms with Gasteiger partial charge in [0, 0.05) is 49.3 Å². The number of hydrogen-bond acceptors (Lipinski definition) is 3. The van der Waals surface area contributed by atoms with Gasteiger partial charge in [0.2, 0.25) is 0 Å². The summed E-state index contributed by atoms with van der Waals surface area (Å²) in [5, 5.41) is 11.4. The van der Waals surface area contributed by atoms with Crippen LogP contribution < -0.4 is 0 Å². The second kappa shape index (κ2) is 6.11. The van der Waals surface area contributed by atoms with E-state index < -0.39 is 0 Å². The third-order valence-corrected chi connectivity index (χ3v) is 7.20. The lowest BCUT2D eigenvalue weighted by Crippen LogP contribution is -2.52. The molecule has 0 radical (unpaired) electrons. The van der Waals surface area contributed by atoms with Gasteiger partial charge in [0.15, 0.2) is 0 Å². The van der Waals surface area contributed by atoms with Crippen LogP contribution >= 0.6 is 0 Å². The Balaban J connectivity index is 1.51. The van der Waals surface area contributed by atoms with Gasteiger partial charge >= 0.3 is 0 Å². The van der Waals surface area contributed by atoms with Crippen molar-refractivity contribution in [1.82, 2.24) is 9.88 Å². The first-order valence-electron chi connectivity index (χ1n) is 9.77. The number of nitrogens with zero attached hydrogens (tertiary/aromatic N) is 1. The highest BCUT2D eigenvalue weighted by molar-refractivity contribution is 5.85. The van der Waals surface area contributed by atoms with Gasteiger partial charge in [-0.05, 0) is 49.1 Å². The number of nitrogens with one attached hydrogen (secondary N) is 1. The zero-order valence-electron chi connectivity index (χ0n) is 14.9. The topological polar surface area (TPSA) is 48.5 Å². The summed E-state index contributed by atoms with van der Waals surface area (Å²) < 4.78 is 5.72. The van der Waals surface area contributed by atoms with E-state index in [2.05, 4.69) is 34.1 Å². The third-order valence-electron chi connectivity index (χ3n) is 7.20. The number of H-pyrrole nitrogens is 1. The predicted molar refractivity (Wildman–Crippen MR) is 98.5 cm³/mol. The van der Waals surface area contributed by atoms with Gasteiger partial charge in [0.25, 0.3) is 0 Å². The highest BCUT2D eigenvalue weighted by Crippen LogP contribution is 2.49. The van der Waals surface area contributed by atoms with Crippen molar-refractivity contribution < 1.29 is 9.84 Å². The van der Waals surface area contributed by atoms with Gasteiger partial charge in [0.05, 0.1) is 12.1 Å². The highest BCUT2D eigenvalue weighted by Gasteiger charge is 2.46. The van der Waals surface area contributed by atoms with Crippen LogP contribution in [0.1, 0.15) is 36.6 Å². The lowest BCUT2D eigenvalue weighted by molar-refractivity contribution is -0.0866. The zero-order chi connectivity index (χ0) is 17.0. The molecular formula is C21H28N2O2. The van der Waals surface area contributed by atoms with Crippen molar-refractivity contribution >= 4 is 10.9 Å². The van der Waals surface area contributed by atoms with Crippen LogP contribution in [0.15, 0.2) is 24.3 Å². The fourth-order valence-electron chi connectivity index (χ4n) is 5.98. The molecular weight excluding hydrogens is 312 g/mol. The van der Waals surface area contributed by atoms with Crippen molar-refractivity contribution in [2.45, 2.75) is 37.8 Å². The number of para-hydroxylation sites is 1. The van der Waals surface area contributed by atoms with E-state index in [0.29, 0.717) is 23.8 Å². The maximum absolute atomic E-state index is 10.0. The van der Waals surface area contributed by atoms with Gasteiger partial charge < -0.3 is 14.8 Å². The minimum atomic E-state index is 0.226. The number of rotatable bonds is 2. The third kappa shape index (κ3) is 2.38. The molecule has 5 rings (SSSR count). The van der Waals surface area contributed by atoms with Crippen LogP contribution in [0.25, 0.3) is 10.9 Å². The molecule has 1 aromatic heterocycles. The standard InChI is InChI=1S/C21H28N2O2/c1-25-20-7-6-13-11-23-9-8-15-14-4-2-3-5-18(14)22-21(15)19(23)10-16(13)17(20)12-24/h2-5,13,16-17,19-20,22,24H,6-12H2,1H3/t13-,16+,17+,19+,20-/m1/s1. The number of methoxy groups -OCH3 is 1. The predicted octanol–water partition coefficient (Wildman–Crippen LogP) is 3.12. The van der Waals surface area contributed by atoms with Gasteiger partial charge in [-0.1, -0.05) is 18.2 Å². The lowest BCUT2D eigenvalue weighted by Gasteiger charge is -2.52. The second-order valence-corrected chi connectivity index (χ2v) is 8.18. The van der Waals surface area contributed by atoms with Gasteiger partial charge in [-0.25, -0.2) is 0 Å². The molecule has 3 heterocycles. The van der Waals surface area contributed by atoms with E-state index >= 15 is 0 Å². The summed E-state index contributed by atoms with van der Waals surface area (Å²) >= 11 is 0. The van der Waals surface area contributed by atoms with Gasteiger partial charge in [-0.15, -0.1) is 0 Å². The van der Waals surface area contributed by atoms with E-state index in [0.717, 1.165) is 19.3 Å². The molecule has 5 atom stereocenters. The van der Waals surface area contributed by atoms with Crippen LogP contribution in [-0.2, 0) is 11.2 Å². The Hall–Kier alpha value is -1.36. The molecule has 0 bridgehead atoms. The number of aliphatic hydroxyl groups is 1. The number of ether oxygens (including phenoxy) is 1. The summed E-state index contributed by atoms with van der Waals surface area (Å²) in [7, 11) is 1.80. The molecule has 134 valence electrons. The van der Waals surface area contributed by atoms with Crippen molar-refractivity contribution in [3.05, 3.63) is 35.5 Å². The molecule has 0 unspecified atom stereocenters. The number of hydrogen-bond donors (Lipinski definition) is 2. The van der Waals surface area contributed by atoms with Crippen LogP contribution in [-0.4, -0.2) is 47.9 Å². The average Bonchev–Trinajstić information content (AvgIpc) is 3.04. The molecule has 4 heteroatoms. The molecule has 0 amide bonds. The number of aliphatic hydroxyl groups excluding tert-OH is 1. The van der Waals surface area contributed by atoms with E-state index in [4.69, 9.17) is 4.74 Å². The largest absolute Gasteiger partial charge is 0.396 e. The molecule has 3 aliphatic rings. The molecule has 2 fully saturated rings. The molecule has 0 spiro atoms. The van der Waals surface area contributed by atoms with Crippen LogP contribution in [0.2, 0.25) is 0 Å². The molecule has 2 aliphatic heterocycles. The maximum atomic E-state index is 10.0. The molecule has 1 saturated heterocycles. The minimum Gasteiger partial charge on any atom is -0.396 e. The van der Waals surface area contributed by atoms with Gasteiger partial charge in [-0.3, -0.25) is 4.90 Å². The van der Waals surface area contributed by atoms with Gasteiger partial charge in [-0.2, -0.15) is 0 Å². The summed E-state index contributed by atoms with van der Waals surface area (Å²) in [6.07, 6.45) is 4.86. The van der Waals surface area contributed by atoms with Crippen LogP contribution in [0.5, 0.6) is 0 Å². The molecule has 2 N–H and O–H groups in total. The lowest BCUT2D eigenvalue weighted by atomic mass is 9.65. The first kappa shape index (κ1) is 15.9. The summed E-state index contributed by atoms with van der Waals surface area (Å²) in [5.74, 6) is 1.58. The Kier molecular flexibility index (Phi) is 3.88. The number of fused-ring (bicyclic) bond motifs is 6. The average molecular weight is 340 g/mol. The summed E-state index contributed by atoms with van der Waals surface area (Å²) in [5.41, 5.74) is 4.23. The van der Waals surface area contributed by atoms with Crippen molar-refractivity contribution in [3.8, 4) is 0 Å². The number of benzene rings is 1. The van der Waals surface area contributed by atoms with Crippen molar-refractivity contribution in [3.63, 3.8) is 0 Å². The fraction of sp³-hybridized carbons (Fsp3) is 0.619. The molecule has 1 aromatic carbocycles. The normalized spacial score (nSPS) is 35.2. The molecule has 4 nitrogen and oxygen atoms in total. The molecule has 1 saturated carbocycles.